The zero-order valence-corrected chi connectivity index (χ0v) is 11.8. The first kappa shape index (κ1) is 15.7. The lowest BCUT2D eigenvalue weighted by Crippen LogP contribution is -2.43. The van der Waals surface area contributed by atoms with Crippen molar-refractivity contribution >= 4 is 24.0 Å². The van der Waals surface area contributed by atoms with E-state index in [2.05, 4.69) is 4.90 Å². The average molecular weight is 293 g/mol. The van der Waals surface area contributed by atoms with Gasteiger partial charge >= 0.3 is 0 Å². The van der Waals surface area contributed by atoms with E-state index in [0.29, 0.717) is 24.7 Å². The van der Waals surface area contributed by atoms with Crippen molar-refractivity contribution in [1.82, 2.24) is 4.90 Å². The third kappa shape index (κ3) is 3.58. The van der Waals surface area contributed by atoms with Crippen LogP contribution in [0.4, 0.5) is 4.39 Å². The van der Waals surface area contributed by atoms with Crippen LogP contribution in [0, 0.1) is 5.82 Å². The second-order valence-electron chi connectivity index (χ2n) is 4.57. The van der Waals surface area contributed by atoms with Crippen LogP contribution in [0.5, 0.6) is 0 Å². The Bertz CT molecular complexity index is 387. The fourth-order valence-electron chi connectivity index (χ4n) is 2.42. The third-order valence-electron chi connectivity index (χ3n) is 3.43. The Morgan fingerprint density at radius 2 is 2.17 bits per heavy atom. The summed E-state index contributed by atoms with van der Waals surface area (Å²) in [5.41, 5.74) is 6.42. The number of nitrogens with zero attached hydrogens (tertiary/aromatic N) is 1. The van der Waals surface area contributed by atoms with E-state index in [9.17, 15) is 4.39 Å². The molecule has 1 unspecified atom stereocenters. The second-order valence-corrected chi connectivity index (χ2v) is 4.98. The van der Waals surface area contributed by atoms with Gasteiger partial charge in [0.15, 0.2) is 0 Å². The monoisotopic (exact) mass is 292 g/mol. The number of likely N-dealkylation sites (tertiary alicyclic amines) is 1. The van der Waals surface area contributed by atoms with Crippen LogP contribution >= 0.6 is 24.0 Å². The van der Waals surface area contributed by atoms with Crippen molar-refractivity contribution < 1.29 is 4.39 Å². The smallest absolute Gasteiger partial charge is 0.146 e. The quantitative estimate of drug-likeness (QED) is 0.927. The summed E-state index contributed by atoms with van der Waals surface area (Å²) < 4.78 is 13.8. The maximum absolute atomic E-state index is 13.8. The van der Waals surface area contributed by atoms with Crippen molar-refractivity contribution in [2.45, 2.75) is 31.8 Å². The van der Waals surface area contributed by atoms with E-state index in [-0.39, 0.29) is 23.2 Å². The van der Waals surface area contributed by atoms with Crippen LogP contribution in [0.1, 0.15) is 24.8 Å². The van der Waals surface area contributed by atoms with E-state index >= 15 is 0 Å². The van der Waals surface area contributed by atoms with Gasteiger partial charge in [-0.3, -0.25) is 4.90 Å². The number of halogens is 3. The van der Waals surface area contributed by atoms with Gasteiger partial charge in [0.2, 0.25) is 0 Å². The number of hydrogen-bond donors (Lipinski definition) is 1. The molecule has 2 rings (SSSR count). The molecular weight excluding hydrogens is 274 g/mol. The Hall–Kier alpha value is -0.350. The van der Waals surface area contributed by atoms with Gasteiger partial charge in [0, 0.05) is 24.7 Å². The molecule has 1 aliphatic rings. The van der Waals surface area contributed by atoms with Gasteiger partial charge in [0.25, 0.3) is 0 Å². The molecule has 1 fully saturated rings. The van der Waals surface area contributed by atoms with Crippen molar-refractivity contribution in [3.8, 4) is 0 Å². The molecule has 102 valence electrons. The van der Waals surface area contributed by atoms with E-state index < -0.39 is 0 Å². The van der Waals surface area contributed by atoms with Crippen molar-refractivity contribution in [3.63, 3.8) is 0 Å². The van der Waals surface area contributed by atoms with Crippen molar-refractivity contribution in [3.05, 3.63) is 34.6 Å². The minimum absolute atomic E-state index is 0. The zero-order chi connectivity index (χ0) is 12.3. The van der Waals surface area contributed by atoms with Crippen LogP contribution in [0.3, 0.4) is 0 Å². The van der Waals surface area contributed by atoms with Gasteiger partial charge in [0.05, 0.1) is 5.02 Å². The normalized spacial score (nSPS) is 20.5. The fourth-order valence-corrected chi connectivity index (χ4v) is 2.62. The van der Waals surface area contributed by atoms with Gasteiger partial charge in [-0.1, -0.05) is 30.2 Å². The molecule has 1 atom stereocenters. The van der Waals surface area contributed by atoms with Crippen molar-refractivity contribution in [2.75, 3.05) is 13.1 Å². The molecule has 1 aromatic carbocycles. The number of rotatable bonds is 3. The first-order valence-electron chi connectivity index (χ1n) is 6.09. The largest absolute Gasteiger partial charge is 0.329 e. The molecule has 0 spiro atoms. The van der Waals surface area contributed by atoms with Crippen molar-refractivity contribution in [1.29, 1.82) is 0 Å². The van der Waals surface area contributed by atoms with Gasteiger partial charge in [-0.15, -0.1) is 12.4 Å². The molecule has 18 heavy (non-hydrogen) atoms. The molecule has 0 aliphatic carbocycles. The van der Waals surface area contributed by atoms with Crippen molar-refractivity contribution in [2.24, 2.45) is 5.73 Å². The van der Waals surface area contributed by atoms with Crippen LogP contribution in [0.15, 0.2) is 18.2 Å². The van der Waals surface area contributed by atoms with Crippen LogP contribution in [-0.4, -0.2) is 24.0 Å². The highest BCUT2D eigenvalue weighted by molar-refractivity contribution is 6.30. The standard InChI is InChI=1S/C13H18ClFN2.ClH/c14-12-6-3-4-10(13(12)15)9-17-7-2-1-5-11(17)8-16;/h3-4,6,11H,1-2,5,7-9,16H2;1H. The summed E-state index contributed by atoms with van der Waals surface area (Å²) in [7, 11) is 0. The van der Waals surface area contributed by atoms with Gasteiger partial charge in [-0.05, 0) is 25.5 Å². The van der Waals surface area contributed by atoms with Crippen LogP contribution in [-0.2, 0) is 6.54 Å². The third-order valence-corrected chi connectivity index (χ3v) is 3.72. The first-order valence-corrected chi connectivity index (χ1v) is 6.47. The molecule has 5 heteroatoms. The number of nitrogens with two attached hydrogens (primary N) is 1. The van der Waals surface area contributed by atoms with E-state index in [1.165, 1.54) is 12.8 Å². The Morgan fingerprint density at radius 3 is 2.89 bits per heavy atom. The van der Waals surface area contributed by atoms with E-state index in [1.807, 2.05) is 0 Å². The van der Waals surface area contributed by atoms with Crippen LogP contribution in [0.2, 0.25) is 5.02 Å². The molecule has 0 saturated carbocycles. The second kappa shape index (κ2) is 7.29. The summed E-state index contributed by atoms with van der Waals surface area (Å²) in [6.07, 6.45) is 3.49. The van der Waals surface area contributed by atoms with E-state index in [0.717, 1.165) is 13.0 Å². The fraction of sp³-hybridized carbons (Fsp3) is 0.538. The minimum Gasteiger partial charge on any atom is -0.329 e. The summed E-state index contributed by atoms with van der Waals surface area (Å²) >= 11 is 5.78. The van der Waals surface area contributed by atoms with Gasteiger partial charge in [0.1, 0.15) is 5.82 Å². The topological polar surface area (TPSA) is 29.3 Å². The SMILES string of the molecule is Cl.NCC1CCCCN1Cc1cccc(Cl)c1F. The van der Waals surface area contributed by atoms with E-state index in [4.69, 9.17) is 17.3 Å². The average Bonchev–Trinajstić information content (AvgIpc) is 2.35. The lowest BCUT2D eigenvalue weighted by molar-refractivity contribution is 0.143. The van der Waals surface area contributed by atoms with Gasteiger partial charge in [-0.2, -0.15) is 0 Å². The molecule has 2 nitrogen and oxygen atoms in total. The van der Waals surface area contributed by atoms with Crippen LogP contribution in [0.25, 0.3) is 0 Å². The molecule has 1 aromatic rings. The summed E-state index contributed by atoms with van der Waals surface area (Å²) in [6.45, 7) is 2.24. The Morgan fingerprint density at radius 1 is 1.39 bits per heavy atom. The molecule has 1 saturated heterocycles. The van der Waals surface area contributed by atoms with E-state index in [1.54, 1.807) is 18.2 Å². The van der Waals surface area contributed by atoms with Gasteiger partial charge in [-0.25, -0.2) is 4.39 Å². The molecule has 0 aromatic heterocycles. The summed E-state index contributed by atoms with van der Waals surface area (Å²) in [4.78, 5) is 2.26. The highest BCUT2D eigenvalue weighted by Crippen LogP contribution is 2.23. The molecular formula is C13H19Cl2FN2. The molecule has 1 heterocycles. The molecule has 0 amide bonds. The predicted molar refractivity (Wildman–Crippen MR) is 75.8 cm³/mol. The highest BCUT2D eigenvalue weighted by Gasteiger charge is 2.22. The van der Waals surface area contributed by atoms with Gasteiger partial charge < -0.3 is 5.73 Å². The predicted octanol–water partition coefficient (Wildman–Crippen LogP) is 3.21. The molecule has 2 N–H and O–H groups in total. The Kier molecular flexibility index (Phi) is 6.36. The number of piperidine rings is 1. The maximum atomic E-state index is 13.8. The zero-order valence-electron chi connectivity index (χ0n) is 10.2. The number of hydrogen-bond acceptors (Lipinski definition) is 2. The highest BCUT2D eigenvalue weighted by atomic mass is 35.5. The lowest BCUT2D eigenvalue weighted by Gasteiger charge is -2.35. The lowest BCUT2D eigenvalue weighted by atomic mass is 10.0. The maximum Gasteiger partial charge on any atom is 0.146 e. The molecule has 0 bridgehead atoms. The Labute approximate surface area is 119 Å². The minimum atomic E-state index is -0.296. The summed E-state index contributed by atoms with van der Waals surface area (Å²) in [5, 5.41) is 0.198. The molecule has 1 aliphatic heterocycles. The first-order chi connectivity index (χ1) is 8.22. The summed E-state index contributed by atoms with van der Waals surface area (Å²) in [5.74, 6) is -0.296. The number of benzene rings is 1. The Balaban J connectivity index is 0.00000162. The molecule has 0 radical (unpaired) electrons. The summed E-state index contributed by atoms with van der Waals surface area (Å²) in [6, 6.07) is 5.55. The van der Waals surface area contributed by atoms with Crippen LogP contribution < -0.4 is 5.73 Å².